The zero-order chi connectivity index (χ0) is 8.81. The van der Waals surface area contributed by atoms with Crippen LogP contribution < -0.4 is 0 Å². The van der Waals surface area contributed by atoms with Crippen molar-refractivity contribution >= 4 is 11.8 Å². The van der Waals surface area contributed by atoms with Crippen LogP contribution in [0, 0.1) is 0 Å². The molecular formula is C11H14S. The van der Waals surface area contributed by atoms with Gasteiger partial charge in [0.1, 0.15) is 0 Å². The third kappa shape index (κ3) is 3.63. The van der Waals surface area contributed by atoms with E-state index < -0.39 is 0 Å². The molecule has 0 aliphatic rings. The summed E-state index contributed by atoms with van der Waals surface area (Å²) in [5, 5.41) is 2.20. The van der Waals surface area contributed by atoms with Crippen molar-refractivity contribution in [3.05, 3.63) is 46.9 Å². The van der Waals surface area contributed by atoms with Crippen molar-refractivity contribution in [1.82, 2.24) is 0 Å². The first-order valence-corrected chi connectivity index (χ1v) is 5.13. The second kappa shape index (κ2) is 5.04. The summed E-state index contributed by atoms with van der Waals surface area (Å²) in [6.07, 6.45) is 0. The van der Waals surface area contributed by atoms with Gasteiger partial charge < -0.3 is 0 Å². The average Bonchev–Trinajstić information content (AvgIpc) is 2.05. The van der Waals surface area contributed by atoms with Crippen molar-refractivity contribution in [2.24, 2.45) is 0 Å². The monoisotopic (exact) mass is 178 g/mol. The van der Waals surface area contributed by atoms with E-state index in [-0.39, 0.29) is 0 Å². The first-order chi connectivity index (χ1) is 5.79. The number of thioether (sulfide) groups is 1. The molecule has 0 radical (unpaired) electrons. The molecule has 0 aliphatic heterocycles. The molecule has 0 N–H and O–H groups in total. The van der Waals surface area contributed by atoms with E-state index >= 15 is 0 Å². The molecule has 1 aromatic rings. The molecule has 0 bridgehead atoms. The van der Waals surface area contributed by atoms with Crippen LogP contribution in [0.15, 0.2) is 41.3 Å². The Bertz CT molecular complexity index is 245. The quantitative estimate of drug-likeness (QED) is 0.677. The molecule has 0 saturated heterocycles. The lowest BCUT2D eigenvalue weighted by molar-refractivity contribution is 1.40. The Morgan fingerprint density at radius 1 is 1.25 bits per heavy atom. The molecule has 64 valence electrons. The molecule has 1 aromatic carbocycles. The smallest absolute Gasteiger partial charge is 0.0226 e. The fraction of sp³-hybridized carbons (Fsp3) is 0.273. The summed E-state index contributed by atoms with van der Waals surface area (Å²) in [5.41, 5.74) is 2.76. The van der Waals surface area contributed by atoms with Gasteiger partial charge in [0.2, 0.25) is 0 Å². The average molecular weight is 178 g/mol. The third-order valence-corrected chi connectivity index (χ3v) is 2.55. The summed E-state index contributed by atoms with van der Waals surface area (Å²) in [6, 6.07) is 10.5. The van der Waals surface area contributed by atoms with E-state index in [2.05, 4.69) is 49.6 Å². The van der Waals surface area contributed by atoms with Crippen LogP contribution >= 0.6 is 11.8 Å². The van der Waals surface area contributed by atoms with Crippen LogP contribution in [-0.4, -0.2) is 0 Å². The van der Waals surface area contributed by atoms with Crippen molar-refractivity contribution in [2.75, 3.05) is 0 Å². The van der Waals surface area contributed by atoms with Crippen molar-refractivity contribution in [2.45, 2.75) is 19.6 Å². The van der Waals surface area contributed by atoms with E-state index in [1.54, 1.807) is 0 Å². The standard InChI is InChI=1S/C11H14S/c1-10(2)8-12-9-11-6-4-3-5-7-11/h3-8H,9H2,1-2H3. The molecule has 0 aliphatic carbocycles. The highest BCUT2D eigenvalue weighted by molar-refractivity contribution is 8.01. The molecule has 0 amide bonds. The van der Waals surface area contributed by atoms with Crippen LogP contribution in [0.4, 0.5) is 0 Å². The van der Waals surface area contributed by atoms with E-state index in [4.69, 9.17) is 0 Å². The van der Waals surface area contributed by atoms with Crippen LogP contribution in [0.1, 0.15) is 19.4 Å². The van der Waals surface area contributed by atoms with Crippen LogP contribution in [-0.2, 0) is 5.75 Å². The number of hydrogen-bond acceptors (Lipinski definition) is 1. The Labute approximate surface area is 78.7 Å². The van der Waals surface area contributed by atoms with Crippen molar-refractivity contribution in [1.29, 1.82) is 0 Å². The second-order valence-corrected chi connectivity index (χ2v) is 3.85. The normalized spacial score (nSPS) is 9.50. The summed E-state index contributed by atoms with van der Waals surface area (Å²) in [6.45, 7) is 4.25. The van der Waals surface area contributed by atoms with Crippen molar-refractivity contribution in [3.8, 4) is 0 Å². The fourth-order valence-corrected chi connectivity index (χ4v) is 1.68. The molecule has 0 heterocycles. The minimum absolute atomic E-state index is 1.08. The maximum Gasteiger partial charge on any atom is 0.0226 e. The molecule has 0 unspecified atom stereocenters. The maximum absolute atomic E-state index is 2.20. The third-order valence-electron chi connectivity index (χ3n) is 1.41. The second-order valence-electron chi connectivity index (χ2n) is 2.99. The molecule has 0 fully saturated rings. The Morgan fingerprint density at radius 3 is 2.50 bits per heavy atom. The van der Waals surface area contributed by atoms with Gasteiger partial charge in [-0.25, -0.2) is 0 Å². The summed E-state index contributed by atoms with van der Waals surface area (Å²) in [4.78, 5) is 0. The zero-order valence-corrected chi connectivity index (χ0v) is 8.40. The SMILES string of the molecule is CC(C)=CSCc1ccccc1. The highest BCUT2D eigenvalue weighted by Crippen LogP contribution is 2.14. The summed E-state index contributed by atoms with van der Waals surface area (Å²) in [5.74, 6) is 1.08. The van der Waals surface area contributed by atoms with Gasteiger partial charge >= 0.3 is 0 Å². The zero-order valence-electron chi connectivity index (χ0n) is 7.58. The molecular weight excluding hydrogens is 164 g/mol. The van der Waals surface area contributed by atoms with Gasteiger partial charge in [-0.1, -0.05) is 35.9 Å². The van der Waals surface area contributed by atoms with Crippen molar-refractivity contribution < 1.29 is 0 Å². The van der Waals surface area contributed by atoms with Crippen LogP contribution in [0.2, 0.25) is 0 Å². The van der Waals surface area contributed by atoms with Gasteiger partial charge in [-0.2, -0.15) is 0 Å². The fourth-order valence-electron chi connectivity index (χ4n) is 0.879. The number of benzene rings is 1. The molecule has 1 heteroatoms. The lowest BCUT2D eigenvalue weighted by Gasteiger charge is -1.96. The van der Waals surface area contributed by atoms with Crippen LogP contribution in [0.3, 0.4) is 0 Å². The van der Waals surface area contributed by atoms with Crippen molar-refractivity contribution in [3.63, 3.8) is 0 Å². The van der Waals surface area contributed by atoms with Crippen LogP contribution in [0.5, 0.6) is 0 Å². The number of rotatable bonds is 3. The molecule has 0 atom stereocenters. The van der Waals surface area contributed by atoms with Gasteiger partial charge in [-0.3, -0.25) is 0 Å². The number of allylic oxidation sites excluding steroid dienone is 1. The van der Waals surface area contributed by atoms with E-state index in [9.17, 15) is 0 Å². The van der Waals surface area contributed by atoms with Gasteiger partial charge in [0, 0.05) is 5.75 Å². The molecule has 0 aromatic heterocycles. The van der Waals surface area contributed by atoms with E-state index in [1.807, 2.05) is 11.8 Å². The first-order valence-electron chi connectivity index (χ1n) is 4.08. The molecule has 0 spiro atoms. The van der Waals surface area contributed by atoms with Gasteiger partial charge in [0.25, 0.3) is 0 Å². The summed E-state index contributed by atoms with van der Waals surface area (Å²) < 4.78 is 0. The first kappa shape index (κ1) is 9.40. The van der Waals surface area contributed by atoms with Crippen LogP contribution in [0.25, 0.3) is 0 Å². The lowest BCUT2D eigenvalue weighted by Crippen LogP contribution is -1.75. The Hall–Kier alpha value is -0.690. The van der Waals surface area contributed by atoms with Gasteiger partial charge in [-0.05, 0) is 24.8 Å². The highest BCUT2D eigenvalue weighted by atomic mass is 32.2. The lowest BCUT2D eigenvalue weighted by atomic mass is 10.2. The summed E-state index contributed by atoms with van der Waals surface area (Å²) in [7, 11) is 0. The Balaban J connectivity index is 2.39. The molecule has 1 rings (SSSR count). The van der Waals surface area contributed by atoms with Gasteiger partial charge in [-0.15, -0.1) is 11.8 Å². The highest BCUT2D eigenvalue weighted by Gasteiger charge is 1.88. The largest absolute Gasteiger partial charge is 0.129 e. The van der Waals surface area contributed by atoms with E-state index in [1.165, 1.54) is 11.1 Å². The van der Waals surface area contributed by atoms with Gasteiger partial charge in [0.15, 0.2) is 0 Å². The Kier molecular flexibility index (Phi) is 3.95. The maximum atomic E-state index is 2.20. The molecule has 0 nitrogen and oxygen atoms in total. The predicted molar refractivity (Wildman–Crippen MR) is 57.2 cm³/mol. The number of hydrogen-bond donors (Lipinski definition) is 0. The predicted octanol–water partition coefficient (Wildman–Crippen LogP) is 3.84. The van der Waals surface area contributed by atoms with E-state index in [0.29, 0.717) is 0 Å². The van der Waals surface area contributed by atoms with Gasteiger partial charge in [0.05, 0.1) is 0 Å². The molecule has 12 heavy (non-hydrogen) atoms. The minimum Gasteiger partial charge on any atom is -0.129 e. The Morgan fingerprint density at radius 2 is 1.92 bits per heavy atom. The topological polar surface area (TPSA) is 0 Å². The molecule has 0 saturated carbocycles. The minimum atomic E-state index is 1.08. The summed E-state index contributed by atoms with van der Waals surface area (Å²) >= 11 is 1.85. The van der Waals surface area contributed by atoms with E-state index in [0.717, 1.165) is 5.75 Å².